The van der Waals surface area contributed by atoms with Crippen LogP contribution in [0.5, 0.6) is 5.75 Å². The smallest absolute Gasteiger partial charge is 0.355 e. The number of fused-ring (bicyclic) bond motifs is 3. The molecule has 0 spiro atoms. The van der Waals surface area contributed by atoms with E-state index in [1.54, 1.807) is 4.68 Å². The number of nitrogens with one attached hydrogen (secondary N) is 3. The molecule has 6 heterocycles. The van der Waals surface area contributed by atoms with Crippen molar-refractivity contribution >= 4 is 78.7 Å². The minimum Gasteiger partial charge on any atom is -0.493 e. The van der Waals surface area contributed by atoms with Gasteiger partial charge in [0.25, 0.3) is 5.91 Å². The first kappa shape index (κ1) is 46.2. The van der Waals surface area contributed by atoms with E-state index in [0.29, 0.717) is 78.2 Å². The average Bonchev–Trinajstić information content (AvgIpc) is 3.92. The lowest BCUT2D eigenvalue weighted by atomic mass is 9.92. The molecule has 1 atom stereocenters. The van der Waals surface area contributed by atoms with Gasteiger partial charge in [-0.3, -0.25) is 34.5 Å². The van der Waals surface area contributed by atoms with E-state index in [0.717, 1.165) is 82.3 Å². The van der Waals surface area contributed by atoms with Crippen molar-refractivity contribution in [2.45, 2.75) is 64.3 Å². The maximum absolute atomic E-state index is 13.6. The van der Waals surface area contributed by atoms with Crippen molar-refractivity contribution in [2.24, 2.45) is 13.0 Å². The number of rotatable bonds is 14. The highest BCUT2D eigenvalue weighted by atomic mass is 32.1. The highest BCUT2D eigenvalue weighted by molar-refractivity contribution is 7.22. The third-order valence-corrected chi connectivity index (χ3v) is 14.8. The van der Waals surface area contributed by atoms with E-state index in [2.05, 4.69) is 30.9 Å². The molecule has 70 heavy (non-hydrogen) atoms. The molecule has 17 heteroatoms. The summed E-state index contributed by atoms with van der Waals surface area (Å²) in [5.74, 6) is -1.01. The van der Waals surface area contributed by atoms with Gasteiger partial charge in [-0.1, -0.05) is 47.7 Å². The van der Waals surface area contributed by atoms with Crippen LogP contribution in [0.1, 0.15) is 87.7 Å². The number of aromatic nitrogens is 4. The van der Waals surface area contributed by atoms with E-state index < -0.39 is 11.9 Å². The number of piperidine rings is 2. The molecule has 3 aliphatic heterocycles. The monoisotopic (exact) mass is 959 g/mol. The van der Waals surface area contributed by atoms with Crippen LogP contribution in [-0.4, -0.2) is 92.1 Å². The Morgan fingerprint density at radius 1 is 0.886 bits per heavy atom. The van der Waals surface area contributed by atoms with Crippen molar-refractivity contribution in [1.82, 2.24) is 30.0 Å². The number of benzene rings is 4. The number of para-hydroxylation sites is 1. The summed E-state index contributed by atoms with van der Waals surface area (Å²) in [6.45, 7) is 6.07. The molecule has 0 aliphatic carbocycles. The topological polar surface area (TPSA) is 201 Å². The molecule has 0 radical (unpaired) electrons. The molecule has 3 aliphatic rings. The summed E-state index contributed by atoms with van der Waals surface area (Å²) in [4.78, 5) is 77.5. The van der Waals surface area contributed by atoms with Crippen LogP contribution < -0.4 is 25.6 Å². The number of aromatic carboxylic acids is 1. The lowest BCUT2D eigenvalue weighted by Crippen LogP contribution is -2.39. The summed E-state index contributed by atoms with van der Waals surface area (Å²) in [7, 11) is 1.81. The normalized spacial score (nSPS) is 16.5. The lowest BCUT2D eigenvalue weighted by molar-refractivity contribution is -0.134. The summed E-state index contributed by atoms with van der Waals surface area (Å²) in [5, 5.41) is 24.9. The number of amides is 4. The van der Waals surface area contributed by atoms with Crippen LogP contribution in [0.2, 0.25) is 0 Å². The standard InChI is InChI=1S/C53H53N9O7S/c1-31-35(36-16-18-45(56-49(36)52(67)68)62-26-22-33-8-5-10-37(40(33)30-62)50(65)58-53-55-41-11-3-4-13-44(41)70-53)9-6-12-43(31)69-27-7-23-61-24-20-32(21-25-61)28-47(64)54-34-14-15-38-42(29-34)60(2)59-48(38)39-17-19-46(63)57-51(39)66/h3-6,8-16,18,29,32,39H,7,17,19-28,30H2,1-2H3,(H,54,64)(H,67,68)(H,55,58,65)(H,57,63,66). The molecule has 358 valence electrons. The van der Waals surface area contributed by atoms with Gasteiger partial charge in [-0.2, -0.15) is 5.10 Å². The number of pyridine rings is 1. The Labute approximate surface area is 408 Å². The zero-order valence-corrected chi connectivity index (χ0v) is 39.8. The van der Waals surface area contributed by atoms with Crippen LogP contribution in [0.4, 0.5) is 16.6 Å². The van der Waals surface area contributed by atoms with Crippen molar-refractivity contribution in [3.63, 3.8) is 0 Å². The molecule has 4 aromatic carbocycles. The zero-order valence-electron chi connectivity index (χ0n) is 39.0. The van der Waals surface area contributed by atoms with Gasteiger partial charge in [-0.25, -0.2) is 14.8 Å². The number of carbonyl (C=O) groups excluding carboxylic acids is 4. The maximum atomic E-state index is 13.6. The number of likely N-dealkylation sites (tertiary alicyclic amines) is 1. The van der Waals surface area contributed by atoms with Gasteiger partial charge in [0.05, 0.1) is 34.0 Å². The number of carboxylic acids is 1. The quantitative estimate of drug-likeness (QED) is 0.0604. The van der Waals surface area contributed by atoms with Gasteiger partial charge in [0.15, 0.2) is 10.8 Å². The van der Waals surface area contributed by atoms with Crippen LogP contribution in [0.25, 0.3) is 32.2 Å². The highest BCUT2D eigenvalue weighted by Gasteiger charge is 2.32. The predicted molar refractivity (Wildman–Crippen MR) is 268 cm³/mol. The lowest BCUT2D eigenvalue weighted by Gasteiger charge is -2.31. The number of hydrogen-bond donors (Lipinski definition) is 4. The molecule has 2 saturated heterocycles. The maximum Gasteiger partial charge on any atom is 0.355 e. The van der Waals surface area contributed by atoms with Crippen LogP contribution in [-0.2, 0) is 34.4 Å². The van der Waals surface area contributed by atoms with Crippen LogP contribution in [0.3, 0.4) is 0 Å². The Morgan fingerprint density at radius 2 is 1.71 bits per heavy atom. The third-order valence-electron chi connectivity index (χ3n) is 13.8. The predicted octanol–water partition coefficient (Wildman–Crippen LogP) is 8.10. The molecular weight excluding hydrogens is 907 g/mol. The average molecular weight is 960 g/mol. The molecular formula is C53H53N9O7S. The first-order valence-electron chi connectivity index (χ1n) is 23.8. The summed E-state index contributed by atoms with van der Waals surface area (Å²) < 4.78 is 9.00. The Bertz CT molecular complexity index is 3160. The number of carboxylic acid groups (broad SMARTS) is 1. The van der Waals surface area contributed by atoms with Crippen LogP contribution in [0, 0.1) is 12.8 Å². The fourth-order valence-electron chi connectivity index (χ4n) is 10.1. The molecule has 16 nitrogen and oxygen atoms in total. The molecule has 4 amide bonds. The number of hydrogen-bond acceptors (Lipinski definition) is 12. The number of aryl methyl sites for hydroxylation is 1. The molecule has 4 N–H and O–H groups in total. The second-order valence-electron chi connectivity index (χ2n) is 18.3. The summed E-state index contributed by atoms with van der Waals surface area (Å²) in [5.41, 5.74) is 7.44. The van der Waals surface area contributed by atoms with Gasteiger partial charge < -0.3 is 25.0 Å². The van der Waals surface area contributed by atoms with Crippen molar-refractivity contribution in [3.8, 4) is 16.9 Å². The molecule has 3 aromatic heterocycles. The largest absolute Gasteiger partial charge is 0.493 e. The number of thiazole rings is 1. The second kappa shape index (κ2) is 19.8. The number of ether oxygens (including phenoxy) is 1. The van der Waals surface area contributed by atoms with Gasteiger partial charge in [-0.15, -0.1) is 0 Å². The SMILES string of the molecule is Cc1c(OCCCN2CCC(CC(=O)Nc3ccc4c(C5CCC(=O)NC5=O)nn(C)c4c3)CC2)cccc1-c1ccc(N2CCc3cccc(C(=O)Nc4nc5ccccc5s4)c3C2)nc1C(=O)O. The minimum absolute atomic E-state index is 0.0366. The Balaban J connectivity index is 0.709. The molecule has 2 fully saturated rings. The second-order valence-corrected chi connectivity index (χ2v) is 19.4. The molecule has 0 saturated carbocycles. The first-order chi connectivity index (χ1) is 33.9. The van der Waals surface area contributed by atoms with Gasteiger partial charge in [0.2, 0.25) is 17.7 Å². The van der Waals surface area contributed by atoms with Gasteiger partial charge in [0.1, 0.15) is 11.6 Å². The minimum atomic E-state index is -1.13. The Kier molecular flexibility index (Phi) is 13.1. The number of carbonyl (C=O) groups is 5. The summed E-state index contributed by atoms with van der Waals surface area (Å²) in [6, 6.07) is 28.4. The third kappa shape index (κ3) is 9.71. The summed E-state index contributed by atoms with van der Waals surface area (Å²) in [6.07, 6.45) is 4.43. The van der Waals surface area contributed by atoms with E-state index in [-0.39, 0.29) is 41.7 Å². The fourth-order valence-corrected chi connectivity index (χ4v) is 10.9. The Morgan fingerprint density at radius 3 is 2.53 bits per heavy atom. The molecule has 1 unspecified atom stereocenters. The molecule has 10 rings (SSSR count). The van der Waals surface area contributed by atoms with Crippen molar-refractivity contribution in [2.75, 3.05) is 48.3 Å². The zero-order chi connectivity index (χ0) is 48.5. The number of anilines is 3. The van der Waals surface area contributed by atoms with E-state index in [1.807, 2.05) is 110 Å². The number of imide groups is 1. The van der Waals surface area contributed by atoms with Gasteiger partial charge in [0, 0.05) is 61.7 Å². The fraction of sp³-hybridized carbons (Fsp3) is 0.321. The van der Waals surface area contributed by atoms with Crippen molar-refractivity contribution in [1.29, 1.82) is 0 Å². The van der Waals surface area contributed by atoms with Gasteiger partial charge >= 0.3 is 5.97 Å². The van der Waals surface area contributed by atoms with E-state index >= 15 is 0 Å². The van der Waals surface area contributed by atoms with Crippen molar-refractivity contribution in [3.05, 3.63) is 125 Å². The first-order valence-corrected chi connectivity index (χ1v) is 24.6. The van der Waals surface area contributed by atoms with E-state index in [4.69, 9.17) is 9.72 Å². The molecule has 7 aromatic rings. The van der Waals surface area contributed by atoms with Gasteiger partial charge in [-0.05, 0) is 135 Å². The highest BCUT2D eigenvalue weighted by Crippen LogP contribution is 2.36. The van der Waals surface area contributed by atoms with E-state index in [1.165, 1.54) is 11.3 Å². The van der Waals surface area contributed by atoms with Crippen LogP contribution in [0.15, 0.2) is 91.0 Å². The molecule has 0 bridgehead atoms. The van der Waals surface area contributed by atoms with E-state index in [9.17, 15) is 29.1 Å². The Hall–Kier alpha value is -7.50. The number of nitrogens with zero attached hydrogens (tertiary/aromatic N) is 6. The van der Waals surface area contributed by atoms with Crippen molar-refractivity contribution < 1.29 is 33.8 Å². The summed E-state index contributed by atoms with van der Waals surface area (Å²) >= 11 is 1.43. The van der Waals surface area contributed by atoms with Crippen LogP contribution >= 0.6 is 11.3 Å².